The molecule has 1 N–H and O–H groups in total. The molecule has 0 saturated carbocycles. The highest BCUT2D eigenvalue weighted by molar-refractivity contribution is 5.70. The van der Waals surface area contributed by atoms with Crippen LogP contribution in [0.15, 0.2) is 24.3 Å². The molecule has 1 aliphatic carbocycles. The van der Waals surface area contributed by atoms with Crippen molar-refractivity contribution in [1.29, 1.82) is 0 Å². The molecule has 19 heavy (non-hydrogen) atoms. The van der Waals surface area contributed by atoms with Gasteiger partial charge < -0.3 is 5.11 Å². The van der Waals surface area contributed by atoms with Gasteiger partial charge in [-0.1, -0.05) is 24.3 Å². The highest BCUT2D eigenvalue weighted by Crippen LogP contribution is 2.39. The van der Waals surface area contributed by atoms with E-state index in [2.05, 4.69) is 36.1 Å². The number of carboxylic acids is 1. The number of rotatable bonds is 2. The Labute approximate surface area is 114 Å². The first-order valence-corrected chi connectivity index (χ1v) is 7.23. The smallest absolute Gasteiger partial charge is 0.306 e. The molecule has 0 bridgehead atoms. The zero-order valence-electron chi connectivity index (χ0n) is 11.4. The molecular weight excluding hydrogens is 238 g/mol. The van der Waals surface area contributed by atoms with Gasteiger partial charge >= 0.3 is 5.97 Å². The number of fused-ring (bicyclic) bond motifs is 1. The summed E-state index contributed by atoms with van der Waals surface area (Å²) in [5.74, 6) is -0.777. The summed E-state index contributed by atoms with van der Waals surface area (Å²) in [6, 6.07) is 9.56. The van der Waals surface area contributed by atoms with Gasteiger partial charge in [0.15, 0.2) is 0 Å². The van der Waals surface area contributed by atoms with E-state index in [0.29, 0.717) is 12.1 Å². The van der Waals surface area contributed by atoms with Crippen LogP contribution in [0.5, 0.6) is 0 Å². The van der Waals surface area contributed by atoms with Crippen molar-refractivity contribution in [1.82, 2.24) is 4.90 Å². The summed E-state index contributed by atoms with van der Waals surface area (Å²) in [5.41, 5.74) is 2.93. The normalized spacial score (nSPS) is 31.1. The number of hydrogen-bond acceptors (Lipinski definition) is 2. The molecule has 1 aromatic carbocycles. The topological polar surface area (TPSA) is 40.5 Å². The predicted molar refractivity (Wildman–Crippen MR) is 74.0 cm³/mol. The highest BCUT2D eigenvalue weighted by Gasteiger charge is 2.36. The van der Waals surface area contributed by atoms with Gasteiger partial charge in [-0.15, -0.1) is 0 Å². The second-order valence-corrected chi connectivity index (χ2v) is 5.90. The van der Waals surface area contributed by atoms with Gasteiger partial charge in [-0.2, -0.15) is 0 Å². The SMILES string of the molecule is CC1CC(C(=O)O)CCN1C1CCc2ccccc21. The lowest BCUT2D eigenvalue weighted by Crippen LogP contribution is -2.44. The molecule has 1 heterocycles. The molecule has 3 nitrogen and oxygen atoms in total. The Bertz CT molecular complexity index is 485. The average molecular weight is 259 g/mol. The Morgan fingerprint density at radius 2 is 2.11 bits per heavy atom. The molecule has 3 atom stereocenters. The van der Waals surface area contributed by atoms with Crippen LogP contribution in [0.4, 0.5) is 0 Å². The third-order valence-electron chi connectivity index (χ3n) is 4.78. The van der Waals surface area contributed by atoms with E-state index in [0.717, 1.165) is 25.8 Å². The Morgan fingerprint density at radius 1 is 1.32 bits per heavy atom. The molecule has 1 saturated heterocycles. The molecular formula is C16H21NO2. The van der Waals surface area contributed by atoms with Crippen molar-refractivity contribution < 1.29 is 9.90 Å². The van der Waals surface area contributed by atoms with Crippen molar-refractivity contribution in [2.45, 2.75) is 44.7 Å². The average Bonchev–Trinajstić information content (AvgIpc) is 2.82. The van der Waals surface area contributed by atoms with Crippen LogP contribution >= 0.6 is 0 Å². The van der Waals surface area contributed by atoms with Crippen LogP contribution in [0, 0.1) is 5.92 Å². The fourth-order valence-electron chi connectivity index (χ4n) is 3.76. The molecule has 0 radical (unpaired) electrons. The van der Waals surface area contributed by atoms with Crippen LogP contribution in [0.3, 0.4) is 0 Å². The summed E-state index contributed by atoms with van der Waals surface area (Å²) in [6.45, 7) is 3.09. The summed E-state index contributed by atoms with van der Waals surface area (Å²) in [6.07, 6.45) is 3.92. The molecule has 3 rings (SSSR count). The molecule has 0 amide bonds. The van der Waals surface area contributed by atoms with E-state index in [9.17, 15) is 4.79 Å². The van der Waals surface area contributed by atoms with Crippen molar-refractivity contribution in [2.75, 3.05) is 6.54 Å². The number of hydrogen-bond donors (Lipinski definition) is 1. The molecule has 1 fully saturated rings. The van der Waals surface area contributed by atoms with Gasteiger partial charge in [0.1, 0.15) is 0 Å². The third kappa shape index (κ3) is 2.27. The van der Waals surface area contributed by atoms with Gasteiger partial charge in [-0.25, -0.2) is 0 Å². The van der Waals surface area contributed by atoms with Crippen molar-refractivity contribution in [3.63, 3.8) is 0 Å². The van der Waals surface area contributed by atoms with Crippen LogP contribution in [-0.4, -0.2) is 28.6 Å². The van der Waals surface area contributed by atoms with Gasteiger partial charge in [0.25, 0.3) is 0 Å². The quantitative estimate of drug-likeness (QED) is 0.888. The molecule has 3 heteroatoms. The first-order valence-electron chi connectivity index (χ1n) is 7.23. The fraction of sp³-hybridized carbons (Fsp3) is 0.562. The lowest BCUT2D eigenvalue weighted by atomic mass is 9.89. The maximum absolute atomic E-state index is 11.1. The van der Waals surface area contributed by atoms with E-state index in [4.69, 9.17) is 5.11 Å². The van der Waals surface area contributed by atoms with Crippen molar-refractivity contribution >= 4 is 5.97 Å². The van der Waals surface area contributed by atoms with Gasteiger partial charge in [-0.05, 0) is 50.3 Å². The second kappa shape index (κ2) is 4.97. The summed E-state index contributed by atoms with van der Waals surface area (Å²) >= 11 is 0. The van der Waals surface area contributed by atoms with Gasteiger partial charge in [0.05, 0.1) is 5.92 Å². The maximum atomic E-state index is 11.1. The number of carbonyl (C=O) groups is 1. The molecule has 102 valence electrons. The number of piperidine rings is 1. The molecule has 3 unspecified atom stereocenters. The summed E-state index contributed by atoms with van der Waals surface area (Å²) in [7, 11) is 0. The molecule has 1 aliphatic heterocycles. The van der Waals surface area contributed by atoms with Gasteiger partial charge in [0, 0.05) is 12.1 Å². The van der Waals surface area contributed by atoms with Crippen LogP contribution in [-0.2, 0) is 11.2 Å². The van der Waals surface area contributed by atoms with Crippen LogP contribution in [0.1, 0.15) is 43.4 Å². The van der Waals surface area contributed by atoms with Crippen molar-refractivity contribution in [3.05, 3.63) is 35.4 Å². The summed E-state index contributed by atoms with van der Waals surface area (Å²) < 4.78 is 0. The minimum absolute atomic E-state index is 0.150. The highest BCUT2D eigenvalue weighted by atomic mass is 16.4. The Balaban J connectivity index is 1.76. The van der Waals surface area contributed by atoms with E-state index in [1.807, 2.05) is 0 Å². The molecule has 1 aromatic rings. The number of nitrogens with zero attached hydrogens (tertiary/aromatic N) is 1. The zero-order valence-corrected chi connectivity index (χ0v) is 11.4. The molecule has 0 spiro atoms. The fourth-order valence-corrected chi connectivity index (χ4v) is 3.76. The monoisotopic (exact) mass is 259 g/mol. The number of aliphatic carboxylic acids is 1. The van der Waals surface area contributed by atoms with Crippen LogP contribution in [0.25, 0.3) is 0 Å². The second-order valence-electron chi connectivity index (χ2n) is 5.90. The van der Waals surface area contributed by atoms with Crippen molar-refractivity contribution in [2.24, 2.45) is 5.92 Å². The largest absolute Gasteiger partial charge is 0.481 e. The number of aryl methyl sites for hydroxylation is 1. The maximum Gasteiger partial charge on any atom is 0.306 e. The van der Waals surface area contributed by atoms with Crippen molar-refractivity contribution in [3.8, 4) is 0 Å². The predicted octanol–water partition coefficient (Wildman–Crippen LogP) is 2.86. The van der Waals surface area contributed by atoms with Gasteiger partial charge in [-0.3, -0.25) is 9.69 Å². The van der Waals surface area contributed by atoms with E-state index < -0.39 is 5.97 Å². The first-order chi connectivity index (χ1) is 9.16. The third-order valence-corrected chi connectivity index (χ3v) is 4.78. The summed E-state index contributed by atoms with van der Waals surface area (Å²) in [5, 5.41) is 9.15. The van der Waals surface area contributed by atoms with Gasteiger partial charge in [0.2, 0.25) is 0 Å². The number of carboxylic acid groups (broad SMARTS) is 1. The van der Waals surface area contributed by atoms with E-state index in [1.165, 1.54) is 17.5 Å². The Hall–Kier alpha value is -1.35. The van der Waals surface area contributed by atoms with E-state index in [-0.39, 0.29) is 5.92 Å². The minimum Gasteiger partial charge on any atom is -0.481 e. The zero-order chi connectivity index (χ0) is 13.4. The molecule has 2 aliphatic rings. The lowest BCUT2D eigenvalue weighted by Gasteiger charge is -2.40. The number of benzene rings is 1. The molecule has 0 aromatic heterocycles. The Morgan fingerprint density at radius 3 is 2.84 bits per heavy atom. The minimum atomic E-state index is -0.627. The standard InChI is InChI=1S/C16H21NO2/c1-11-10-13(16(18)19)8-9-17(11)15-7-6-12-4-2-3-5-14(12)15/h2-5,11,13,15H,6-10H2,1H3,(H,18,19). The van der Waals surface area contributed by atoms with E-state index in [1.54, 1.807) is 0 Å². The van der Waals surface area contributed by atoms with Crippen LogP contribution in [0.2, 0.25) is 0 Å². The van der Waals surface area contributed by atoms with E-state index >= 15 is 0 Å². The Kier molecular flexibility index (Phi) is 3.31. The lowest BCUT2D eigenvalue weighted by molar-refractivity contribution is -0.144. The van der Waals surface area contributed by atoms with Crippen LogP contribution < -0.4 is 0 Å². The summed E-state index contributed by atoms with van der Waals surface area (Å²) in [4.78, 5) is 13.6. The first kappa shape index (κ1) is 12.7. The number of likely N-dealkylation sites (tertiary alicyclic amines) is 1.